The number of benzene rings is 1. The van der Waals surface area contributed by atoms with Gasteiger partial charge in [-0.1, -0.05) is 12.1 Å². The van der Waals surface area contributed by atoms with Crippen LogP contribution in [0.1, 0.15) is 5.56 Å². The summed E-state index contributed by atoms with van der Waals surface area (Å²) in [7, 11) is 0. The van der Waals surface area contributed by atoms with Crippen molar-refractivity contribution < 1.29 is 4.79 Å². The number of nitrogens with zero attached hydrogens (tertiary/aromatic N) is 1. The Morgan fingerprint density at radius 2 is 2.00 bits per heavy atom. The number of hydrogen-bond acceptors (Lipinski definition) is 3. The molecule has 0 aliphatic carbocycles. The summed E-state index contributed by atoms with van der Waals surface area (Å²) in [5, 5.41) is 3.58. The zero-order valence-electron chi connectivity index (χ0n) is 6.90. The van der Waals surface area contributed by atoms with Gasteiger partial charge in [0.25, 0.3) is 0 Å². The first-order chi connectivity index (χ1) is 6.18. The highest BCUT2D eigenvalue weighted by atomic mass is 16.2. The second-order valence-electron chi connectivity index (χ2n) is 2.40. The van der Waals surface area contributed by atoms with Gasteiger partial charge in [-0.3, -0.25) is 0 Å². The molecule has 5 nitrogen and oxygen atoms in total. The van der Waals surface area contributed by atoms with Crippen LogP contribution in [0.15, 0.2) is 29.4 Å². The molecule has 0 saturated heterocycles. The minimum atomic E-state index is -0.688. The molecule has 1 aromatic rings. The number of nitrogens with one attached hydrogen (secondary N) is 1. The van der Waals surface area contributed by atoms with E-state index in [1.54, 1.807) is 24.3 Å². The Balaban J connectivity index is 2.59. The van der Waals surface area contributed by atoms with Crippen molar-refractivity contribution in [3.63, 3.8) is 0 Å². The molecule has 0 bridgehead atoms. The first-order valence-corrected chi connectivity index (χ1v) is 3.62. The van der Waals surface area contributed by atoms with Crippen molar-refractivity contribution in [2.24, 2.45) is 10.8 Å². The van der Waals surface area contributed by atoms with Crippen LogP contribution in [0.4, 0.5) is 10.5 Å². The number of carbonyl (C=O) groups is 1. The molecule has 0 spiro atoms. The van der Waals surface area contributed by atoms with Crippen LogP contribution in [-0.2, 0) is 0 Å². The Labute approximate surface area is 75.4 Å². The van der Waals surface area contributed by atoms with E-state index >= 15 is 0 Å². The highest BCUT2D eigenvalue weighted by Gasteiger charge is 1.88. The molecule has 1 aromatic carbocycles. The maximum atomic E-state index is 10.2. The Hall–Kier alpha value is -2.04. The zero-order valence-corrected chi connectivity index (χ0v) is 6.90. The van der Waals surface area contributed by atoms with Gasteiger partial charge < -0.3 is 11.5 Å². The molecular formula is C8H10N4O. The standard InChI is InChI=1S/C8H10N4O/c9-7-3-1-6(2-4-7)5-11-12-8(10)13/h1-5H,9H2,(H3,10,12,13). The lowest BCUT2D eigenvalue weighted by atomic mass is 10.2. The maximum absolute atomic E-state index is 10.2. The highest BCUT2D eigenvalue weighted by Crippen LogP contribution is 2.02. The van der Waals surface area contributed by atoms with Gasteiger partial charge in [-0.15, -0.1) is 0 Å². The number of nitrogens with two attached hydrogens (primary N) is 2. The van der Waals surface area contributed by atoms with Gasteiger partial charge in [-0.05, 0) is 17.7 Å². The topological polar surface area (TPSA) is 93.5 Å². The fourth-order valence-corrected chi connectivity index (χ4v) is 0.753. The van der Waals surface area contributed by atoms with Crippen LogP contribution in [0.3, 0.4) is 0 Å². The van der Waals surface area contributed by atoms with E-state index < -0.39 is 6.03 Å². The summed E-state index contributed by atoms with van der Waals surface area (Å²) in [6, 6.07) is 6.35. The third-order valence-electron chi connectivity index (χ3n) is 1.32. The van der Waals surface area contributed by atoms with Crippen molar-refractivity contribution in [1.29, 1.82) is 0 Å². The lowest BCUT2D eigenvalue weighted by molar-refractivity contribution is 0.249. The molecule has 0 fully saturated rings. The summed E-state index contributed by atoms with van der Waals surface area (Å²) < 4.78 is 0. The zero-order chi connectivity index (χ0) is 9.68. The van der Waals surface area contributed by atoms with Crippen LogP contribution >= 0.6 is 0 Å². The maximum Gasteiger partial charge on any atom is 0.332 e. The molecule has 0 aliphatic heterocycles. The smallest absolute Gasteiger partial charge is 0.332 e. The van der Waals surface area contributed by atoms with E-state index in [4.69, 9.17) is 11.5 Å². The van der Waals surface area contributed by atoms with Gasteiger partial charge in [0.05, 0.1) is 6.21 Å². The number of primary amides is 1. The van der Waals surface area contributed by atoms with Gasteiger partial charge in [0.2, 0.25) is 0 Å². The highest BCUT2D eigenvalue weighted by molar-refractivity contribution is 5.81. The first-order valence-electron chi connectivity index (χ1n) is 3.62. The van der Waals surface area contributed by atoms with E-state index in [0.29, 0.717) is 5.69 Å². The average Bonchev–Trinajstić information content (AvgIpc) is 2.08. The van der Waals surface area contributed by atoms with Crippen molar-refractivity contribution in [2.45, 2.75) is 0 Å². The molecule has 13 heavy (non-hydrogen) atoms. The summed E-state index contributed by atoms with van der Waals surface area (Å²) in [6.07, 6.45) is 1.48. The normalized spacial score (nSPS) is 10.2. The lowest BCUT2D eigenvalue weighted by Crippen LogP contribution is -2.24. The summed E-state index contributed by atoms with van der Waals surface area (Å²) >= 11 is 0. The third-order valence-corrected chi connectivity index (χ3v) is 1.32. The van der Waals surface area contributed by atoms with Crippen LogP contribution < -0.4 is 16.9 Å². The van der Waals surface area contributed by atoms with Gasteiger partial charge in [0.15, 0.2) is 0 Å². The van der Waals surface area contributed by atoms with E-state index in [1.165, 1.54) is 6.21 Å². The number of urea groups is 1. The lowest BCUT2D eigenvalue weighted by Gasteiger charge is -1.94. The fourth-order valence-electron chi connectivity index (χ4n) is 0.753. The van der Waals surface area contributed by atoms with Gasteiger partial charge in [-0.25, -0.2) is 10.2 Å². The molecule has 0 unspecified atom stereocenters. The monoisotopic (exact) mass is 178 g/mol. The minimum absolute atomic E-state index is 0.681. The number of carbonyl (C=O) groups excluding carboxylic acids is 1. The number of hydrazone groups is 1. The van der Waals surface area contributed by atoms with Gasteiger partial charge >= 0.3 is 6.03 Å². The van der Waals surface area contributed by atoms with Crippen molar-refractivity contribution in [1.82, 2.24) is 5.43 Å². The molecule has 2 amide bonds. The van der Waals surface area contributed by atoms with Crippen LogP contribution in [0.2, 0.25) is 0 Å². The minimum Gasteiger partial charge on any atom is -0.399 e. The summed E-state index contributed by atoms with van der Waals surface area (Å²) in [4.78, 5) is 10.2. The fraction of sp³-hybridized carbons (Fsp3) is 0. The molecule has 68 valence electrons. The second kappa shape index (κ2) is 4.10. The van der Waals surface area contributed by atoms with Crippen LogP contribution in [0.5, 0.6) is 0 Å². The largest absolute Gasteiger partial charge is 0.399 e. The summed E-state index contributed by atoms with van der Waals surface area (Å²) in [5.74, 6) is 0. The van der Waals surface area contributed by atoms with Gasteiger partial charge in [0.1, 0.15) is 0 Å². The second-order valence-corrected chi connectivity index (χ2v) is 2.40. The number of rotatable bonds is 2. The Morgan fingerprint density at radius 3 is 2.54 bits per heavy atom. The molecule has 0 saturated carbocycles. The predicted molar refractivity (Wildman–Crippen MR) is 51.2 cm³/mol. The van der Waals surface area contributed by atoms with E-state index in [2.05, 4.69) is 10.5 Å². The molecule has 5 heteroatoms. The summed E-state index contributed by atoms with van der Waals surface area (Å²) in [5.41, 5.74) is 13.9. The van der Waals surface area contributed by atoms with Crippen molar-refractivity contribution >= 4 is 17.9 Å². The number of hydrogen-bond donors (Lipinski definition) is 3. The SMILES string of the molecule is NC(=O)NN=Cc1ccc(N)cc1. The molecule has 1 rings (SSSR count). The van der Waals surface area contributed by atoms with Crippen LogP contribution in [0, 0.1) is 0 Å². The van der Waals surface area contributed by atoms with E-state index in [1.807, 2.05) is 0 Å². The van der Waals surface area contributed by atoms with Gasteiger partial charge in [0, 0.05) is 5.69 Å². The molecule has 0 heterocycles. The third kappa shape index (κ3) is 3.24. The van der Waals surface area contributed by atoms with Crippen molar-refractivity contribution in [3.8, 4) is 0 Å². The molecule has 0 aromatic heterocycles. The van der Waals surface area contributed by atoms with E-state index in [9.17, 15) is 4.79 Å². The number of amides is 2. The molecule has 0 aliphatic rings. The van der Waals surface area contributed by atoms with E-state index in [-0.39, 0.29) is 0 Å². The first kappa shape index (κ1) is 9.05. The van der Waals surface area contributed by atoms with E-state index in [0.717, 1.165) is 5.56 Å². The molecule has 0 atom stereocenters. The molecular weight excluding hydrogens is 168 g/mol. The van der Waals surface area contributed by atoms with Crippen LogP contribution in [0.25, 0.3) is 0 Å². The number of nitrogen functional groups attached to an aromatic ring is 1. The van der Waals surface area contributed by atoms with Crippen molar-refractivity contribution in [2.75, 3.05) is 5.73 Å². The Bertz CT molecular complexity index is 317. The summed E-state index contributed by atoms with van der Waals surface area (Å²) in [6.45, 7) is 0. The Kier molecular flexibility index (Phi) is 2.86. The van der Waals surface area contributed by atoms with Crippen molar-refractivity contribution in [3.05, 3.63) is 29.8 Å². The number of anilines is 1. The Morgan fingerprint density at radius 1 is 1.38 bits per heavy atom. The van der Waals surface area contributed by atoms with Crippen LogP contribution in [-0.4, -0.2) is 12.2 Å². The molecule has 0 radical (unpaired) electrons. The quantitative estimate of drug-likeness (QED) is 0.344. The molecule has 5 N–H and O–H groups in total. The van der Waals surface area contributed by atoms with Gasteiger partial charge in [-0.2, -0.15) is 5.10 Å². The predicted octanol–water partition coefficient (Wildman–Crippen LogP) is 0.271. The average molecular weight is 178 g/mol.